The third kappa shape index (κ3) is 3.89. The van der Waals surface area contributed by atoms with Gasteiger partial charge in [-0.15, -0.1) is 0 Å². The molecule has 2 saturated heterocycles. The van der Waals surface area contributed by atoms with E-state index in [-0.39, 0.29) is 24.0 Å². The van der Waals surface area contributed by atoms with Gasteiger partial charge in [0.25, 0.3) is 0 Å². The van der Waals surface area contributed by atoms with Crippen LogP contribution in [-0.4, -0.2) is 66.4 Å². The van der Waals surface area contributed by atoms with Crippen molar-refractivity contribution in [2.75, 3.05) is 39.8 Å². The van der Waals surface area contributed by atoms with Crippen molar-refractivity contribution in [3.63, 3.8) is 0 Å². The number of likely N-dealkylation sites (tertiary alicyclic amines) is 2. The van der Waals surface area contributed by atoms with Crippen molar-refractivity contribution in [3.8, 4) is 0 Å². The van der Waals surface area contributed by atoms with E-state index in [1.165, 1.54) is 0 Å². The number of rotatable bonds is 1. The highest BCUT2D eigenvalue weighted by molar-refractivity contribution is 5.68. The van der Waals surface area contributed by atoms with E-state index in [1.807, 2.05) is 20.8 Å². The maximum Gasteiger partial charge on any atom is 0.410 e. The average Bonchev–Trinajstić information content (AvgIpc) is 2.40. The summed E-state index contributed by atoms with van der Waals surface area (Å²) in [5.74, 6) is 0.174. The van der Waals surface area contributed by atoms with Gasteiger partial charge in [-0.25, -0.2) is 4.79 Å². The van der Waals surface area contributed by atoms with Crippen molar-refractivity contribution in [1.29, 1.82) is 0 Å². The molecule has 1 atom stereocenters. The van der Waals surface area contributed by atoms with Crippen LogP contribution in [0.2, 0.25) is 0 Å². The SMILES string of the molecule is CN1CCC2(CC1)CCN(C(=O)OC(C)(C)C)CC2CO. The number of carbonyl (C=O) groups excluding carboxylic acids is 1. The van der Waals surface area contributed by atoms with Crippen LogP contribution in [0.4, 0.5) is 4.79 Å². The van der Waals surface area contributed by atoms with Gasteiger partial charge in [-0.3, -0.25) is 0 Å². The highest BCUT2D eigenvalue weighted by Crippen LogP contribution is 2.45. The number of piperidine rings is 2. The van der Waals surface area contributed by atoms with Gasteiger partial charge < -0.3 is 19.6 Å². The molecule has 0 bridgehead atoms. The van der Waals surface area contributed by atoms with E-state index in [9.17, 15) is 9.90 Å². The molecule has 122 valence electrons. The van der Waals surface area contributed by atoms with Crippen LogP contribution in [0, 0.1) is 11.3 Å². The number of ether oxygens (including phenoxy) is 1. The Bertz CT molecular complexity index is 370. The first-order valence-corrected chi connectivity index (χ1v) is 8.03. The van der Waals surface area contributed by atoms with Crippen molar-refractivity contribution in [2.24, 2.45) is 11.3 Å². The lowest BCUT2D eigenvalue weighted by atomic mass is 9.65. The second-order valence-electron chi connectivity index (χ2n) is 7.72. The fraction of sp³-hybridized carbons (Fsp3) is 0.938. The molecule has 21 heavy (non-hydrogen) atoms. The second kappa shape index (κ2) is 6.13. The van der Waals surface area contributed by atoms with Crippen LogP contribution in [0.1, 0.15) is 40.0 Å². The lowest BCUT2D eigenvalue weighted by Crippen LogP contribution is -2.54. The number of aliphatic hydroxyl groups is 1. The van der Waals surface area contributed by atoms with Crippen LogP contribution < -0.4 is 0 Å². The van der Waals surface area contributed by atoms with E-state index in [0.29, 0.717) is 6.54 Å². The fourth-order valence-electron chi connectivity index (χ4n) is 3.58. The molecule has 2 fully saturated rings. The van der Waals surface area contributed by atoms with Gasteiger partial charge >= 0.3 is 6.09 Å². The Kier molecular flexibility index (Phi) is 4.83. The highest BCUT2D eigenvalue weighted by Gasteiger charge is 2.45. The highest BCUT2D eigenvalue weighted by atomic mass is 16.6. The number of hydrogen-bond donors (Lipinski definition) is 1. The van der Waals surface area contributed by atoms with Gasteiger partial charge in [0.2, 0.25) is 0 Å². The predicted octanol–water partition coefficient (Wildman–Crippen LogP) is 1.95. The van der Waals surface area contributed by atoms with Crippen molar-refractivity contribution < 1.29 is 14.6 Å². The van der Waals surface area contributed by atoms with Gasteiger partial charge in [-0.2, -0.15) is 0 Å². The lowest BCUT2D eigenvalue weighted by molar-refractivity contribution is -0.0464. The molecule has 0 aromatic heterocycles. The molecule has 2 rings (SSSR count). The second-order valence-corrected chi connectivity index (χ2v) is 7.72. The summed E-state index contributed by atoms with van der Waals surface area (Å²) in [5.41, 5.74) is -0.256. The summed E-state index contributed by atoms with van der Waals surface area (Å²) in [6.07, 6.45) is 2.97. The first-order chi connectivity index (χ1) is 9.76. The molecule has 0 radical (unpaired) electrons. The Morgan fingerprint density at radius 3 is 2.33 bits per heavy atom. The van der Waals surface area contributed by atoms with E-state index < -0.39 is 5.60 Å². The Hall–Kier alpha value is -0.810. The van der Waals surface area contributed by atoms with Crippen LogP contribution in [-0.2, 0) is 4.74 Å². The van der Waals surface area contributed by atoms with E-state index in [1.54, 1.807) is 4.90 Å². The first-order valence-electron chi connectivity index (χ1n) is 8.03. The molecular weight excluding hydrogens is 268 g/mol. The molecular formula is C16H30N2O3. The Morgan fingerprint density at radius 1 is 1.24 bits per heavy atom. The first kappa shape index (κ1) is 16.6. The molecule has 0 aromatic rings. The minimum atomic E-state index is -0.464. The van der Waals surface area contributed by atoms with Crippen LogP contribution in [0.25, 0.3) is 0 Å². The number of hydrogen-bond acceptors (Lipinski definition) is 4. The fourth-order valence-corrected chi connectivity index (χ4v) is 3.58. The summed E-state index contributed by atoms with van der Waals surface area (Å²) < 4.78 is 5.46. The summed E-state index contributed by atoms with van der Waals surface area (Å²) in [7, 11) is 2.15. The van der Waals surface area contributed by atoms with Crippen LogP contribution in [0.5, 0.6) is 0 Å². The van der Waals surface area contributed by atoms with E-state index >= 15 is 0 Å². The number of amides is 1. The van der Waals surface area contributed by atoms with E-state index in [4.69, 9.17) is 4.74 Å². The Balaban J connectivity index is 2.00. The van der Waals surface area contributed by atoms with E-state index in [2.05, 4.69) is 11.9 Å². The topological polar surface area (TPSA) is 53.0 Å². The zero-order chi connectivity index (χ0) is 15.7. The lowest BCUT2D eigenvalue weighted by Gasteiger charge is -2.50. The summed E-state index contributed by atoms with van der Waals surface area (Å²) in [6.45, 7) is 9.35. The smallest absolute Gasteiger partial charge is 0.410 e. The number of nitrogens with zero attached hydrogens (tertiary/aromatic N) is 2. The molecule has 0 aliphatic carbocycles. The van der Waals surface area contributed by atoms with Crippen molar-refractivity contribution in [1.82, 2.24) is 9.80 Å². The normalized spacial score (nSPS) is 26.9. The van der Waals surface area contributed by atoms with Gasteiger partial charge in [-0.05, 0) is 65.6 Å². The molecule has 1 amide bonds. The average molecular weight is 298 g/mol. The maximum atomic E-state index is 12.2. The van der Waals surface area contributed by atoms with Gasteiger partial charge in [0.1, 0.15) is 5.60 Å². The molecule has 0 saturated carbocycles. The zero-order valence-electron chi connectivity index (χ0n) is 13.9. The maximum absolute atomic E-state index is 12.2. The molecule has 2 heterocycles. The summed E-state index contributed by atoms with van der Waals surface area (Å²) in [5, 5.41) is 9.81. The van der Waals surface area contributed by atoms with Crippen molar-refractivity contribution >= 4 is 6.09 Å². The summed E-state index contributed by atoms with van der Waals surface area (Å²) in [4.78, 5) is 16.3. The number of aliphatic hydroxyl groups excluding tert-OH is 1. The third-order valence-electron chi connectivity index (χ3n) is 5.04. The Labute approximate surface area is 128 Å². The minimum absolute atomic E-state index is 0.156. The van der Waals surface area contributed by atoms with Gasteiger partial charge in [0, 0.05) is 25.6 Å². The van der Waals surface area contributed by atoms with Gasteiger partial charge in [0.15, 0.2) is 0 Å². The van der Waals surface area contributed by atoms with Crippen LogP contribution in [0.3, 0.4) is 0 Å². The predicted molar refractivity (Wildman–Crippen MR) is 82.2 cm³/mol. The standard InChI is InChI=1S/C16H30N2O3/c1-15(2,3)21-14(20)18-10-7-16(13(11-18)12-19)5-8-17(4)9-6-16/h13,19H,5-12H2,1-4H3. The molecule has 1 unspecified atom stereocenters. The van der Waals surface area contributed by atoms with Gasteiger partial charge in [0.05, 0.1) is 0 Å². The van der Waals surface area contributed by atoms with Gasteiger partial charge in [-0.1, -0.05) is 0 Å². The molecule has 2 aliphatic rings. The van der Waals surface area contributed by atoms with Crippen molar-refractivity contribution in [3.05, 3.63) is 0 Å². The van der Waals surface area contributed by atoms with Crippen LogP contribution >= 0.6 is 0 Å². The van der Waals surface area contributed by atoms with Crippen molar-refractivity contribution in [2.45, 2.75) is 45.6 Å². The molecule has 2 aliphatic heterocycles. The monoisotopic (exact) mass is 298 g/mol. The largest absolute Gasteiger partial charge is 0.444 e. The van der Waals surface area contributed by atoms with E-state index in [0.717, 1.165) is 38.9 Å². The molecule has 0 aromatic carbocycles. The molecule has 5 nitrogen and oxygen atoms in total. The minimum Gasteiger partial charge on any atom is -0.444 e. The zero-order valence-corrected chi connectivity index (χ0v) is 13.9. The quantitative estimate of drug-likeness (QED) is 0.804. The Morgan fingerprint density at radius 2 is 1.81 bits per heavy atom. The number of carbonyl (C=O) groups is 1. The molecule has 5 heteroatoms. The van der Waals surface area contributed by atoms with Crippen LogP contribution in [0.15, 0.2) is 0 Å². The molecule has 1 N–H and O–H groups in total. The summed E-state index contributed by atoms with van der Waals surface area (Å²) in [6, 6.07) is 0. The third-order valence-corrected chi connectivity index (χ3v) is 5.04. The molecule has 1 spiro atoms. The summed E-state index contributed by atoms with van der Waals surface area (Å²) >= 11 is 0.